The number of carbonyl (C=O) groups excluding carboxylic acids is 1. The van der Waals surface area contributed by atoms with Gasteiger partial charge in [0.25, 0.3) is 0 Å². The topological polar surface area (TPSA) is 63.6 Å². The van der Waals surface area contributed by atoms with Gasteiger partial charge in [-0.15, -0.1) is 0 Å². The number of unbranched alkanes of at least 4 members (excludes halogenated alkanes) is 32. The van der Waals surface area contributed by atoms with E-state index in [1.165, 1.54) is 193 Å². The van der Waals surface area contributed by atoms with Gasteiger partial charge in [0.1, 0.15) is 0 Å². The maximum absolute atomic E-state index is 11.9. The third-order valence-corrected chi connectivity index (χ3v) is 9.28. The highest BCUT2D eigenvalue weighted by molar-refractivity contribution is 5.69. The van der Waals surface area contributed by atoms with Gasteiger partial charge in [-0.1, -0.05) is 206 Å². The average molecular weight is 623 g/mol. The highest BCUT2D eigenvalue weighted by Gasteiger charge is 2.03. The van der Waals surface area contributed by atoms with E-state index in [2.05, 4.69) is 6.92 Å². The first-order valence-corrected chi connectivity index (χ1v) is 20.0. The lowest BCUT2D eigenvalue weighted by Gasteiger charge is -2.06. The van der Waals surface area contributed by atoms with Gasteiger partial charge in [-0.25, -0.2) is 0 Å². The number of carboxylic acid groups (broad SMARTS) is 1. The minimum absolute atomic E-state index is 0.0167. The second kappa shape index (κ2) is 38.1. The highest BCUT2D eigenvalue weighted by atomic mass is 16.5. The van der Waals surface area contributed by atoms with Gasteiger partial charge in [0.2, 0.25) is 0 Å². The summed E-state index contributed by atoms with van der Waals surface area (Å²) in [5, 5.41) is 8.64. The van der Waals surface area contributed by atoms with Gasteiger partial charge in [-0.05, 0) is 19.3 Å². The molecule has 0 bridgehead atoms. The molecule has 0 aromatic carbocycles. The fourth-order valence-corrected chi connectivity index (χ4v) is 6.28. The lowest BCUT2D eigenvalue weighted by molar-refractivity contribution is -0.144. The summed E-state index contributed by atoms with van der Waals surface area (Å²) in [6.07, 6.45) is 45.6. The van der Waals surface area contributed by atoms with E-state index in [0.717, 1.165) is 25.7 Å². The molecule has 0 spiro atoms. The summed E-state index contributed by atoms with van der Waals surface area (Å²) >= 11 is 0. The largest absolute Gasteiger partial charge is 0.481 e. The minimum atomic E-state index is -0.656. The van der Waals surface area contributed by atoms with Crippen LogP contribution in [-0.2, 0) is 14.3 Å². The van der Waals surface area contributed by atoms with Crippen LogP contribution in [-0.4, -0.2) is 23.7 Å². The van der Waals surface area contributed by atoms with Crippen molar-refractivity contribution in [3.8, 4) is 0 Å². The zero-order valence-electron chi connectivity index (χ0n) is 29.8. The molecule has 0 saturated heterocycles. The molecule has 262 valence electrons. The Morgan fingerprint density at radius 2 is 0.614 bits per heavy atom. The first kappa shape index (κ1) is 42.9. The standard InChI is InChI=1S/C40H78O4/c1-2-3-4-5-6-7-26-29-32-35-38-44-40(43)37-34-31-28-25-23-21-19-17-15-13-11-9-8-10-12-14-16-18-20-22-24-27-30-33-36-39(41)42/h2-38H2,1H3,(H,41,42). The Labute approximate surface area is 275 Å². The molecule has 44 heavy (non-hydrogen) atoms. The molecule has 0 unspecified atom stereocenters. The predicted octanol–water partition coefficient (Wildman–Crippen LogP) is 13.7. The van der Waals surface area contributed by atoms with Crippen LogP contribution in [0.5, 0.6) is 0 Å². The van der Waals surface area contributed by atoms with E-state index < -0.39 is 5.97 Å². The quantitative estimate of drug-likeness (QED) is 0.0549. The maximum atomic E-state index is 11.9. The van der Waals surface area contributed by atoms with Gasteiger partial charge in [0.15, 0.2) is 0 Å². The van der Waals surface area contributed by atoms with Crippen molar-refractivity contribution >= 4 is 11.9 Å². The monoisotopic (exact) mass is 623 g/mol. The summed E-state index contributed by atoms with van der Waals surface area (Å²) in [5.41, 5.74) is 0. The van der Waals surface area contributed by atoms with Crippen molar-refractivity contribution in [3.63, 3.8) is 0 Å². The molecule has 0 rings (SSSR count). The number of esters is 1. The minimum Gasteiger partial charge on any atom is -0.481 e. The van der Waals surface area contributed by atoms with Gasteiger partial charge in [0.05, 0.1) is 6.61 Å². The molecule has 4 nitrogen and oxygen atoms in total. The second-order valence-corrected chi connectivity index (χ2v) is 13.8. The number of aliphatic carboxylic acids is 1. The van der Waals surface area contributed by atoms with E-state index in [4.69, 9.17) is 9.84 Å². The molecule has 0 saturated carbocycles. The summed E-state index contributed by atoms with van der Waals surface area (Å²) < 4.78 is 5.42. The number of hydrogen-bond acceptors (Lipinski definition) is 3. The number of hydrogen-bond donors (Lipinski definition) is 1. The van der Waals surface area contributed by atoms with E-state index in [1.54, 1.807) is 0 Å². The Bertz CT molecular complexity index is 576. The molecule has 0 amide bonds. The van der Waals surface area contributed by atoms with Gasteiger partial charge in [-0.2, -0.15) is 0 Å². The van der Waals surface area contributed by atoms with Crippen molar-refractivity contribution in [2.24, 2.45) is 0 Å². The number of ether oxygens (including phenoxy) is 1. The fourth-order valence-electron chi connectivity index (χ4n) is 6.28. The van der Waals surface area contributed by atoms with Gasteiger partial charge in [-0.3, -0.25) is 9.59 Å². The number of carbonyl (C=O) groups is 2. The molecule has 0 heterocycles. The Morgan fingerprint density at radius 1 is 0.364 bits per heavy atom. The van der Waals surface area contributed by atoms with E-state index in [0.29, 0.717) is 19.4 Å². The third-order valence-electron chi connectivity index (χ3n) is 9.28. The normalized spacial score (nSPS) is 11.3. The summed E-state index contributed by atoms with van der Waals surface area (Å²) in [6, 6.07) is 0. The van der Waals surface area contributed by atoms with E-state index in [-0.39, 0.29) is 5.97 Å². The average Bonchev–Trinajstić information content (AvgIpc) is 3.01. The summed E-state index contributed by atoms with van der Waals surface area (Å²) in [6.45, 7) is 2.89. The Morgan fingerprint density at radius 3 is 0.909 bits per heavy atom. The van der Waals surface area contributed by atoms with Crippen molar-refractivity contribution in [3.05, 3.63) is 0 Å². The van der Waals surface area contributed by atoms with Crippen LogP contribution in [0.1, 0.15) is 238 Å². The third kappa shape index (κ3) is 39.0. The second-order valence-electron chi connectivity index (χ2n) is 13.8. The summed E-state index contributed by atoms with van der Waals surface area (Å²) in [4.78, 5) is 22.4. The predicted molar refractivity (Wildman–Crippen MR) is 190 cm³/mol. The maximum Gasteiger partial charge on any atom is 0.305 e. The van der Waals surface area contributed by atoms with Crippen molar-refractivity contribution in [1.29, 1.82) is 0 Å². The van der Waals surface area contributed by atoms with Crippen molar-refractivity contribution in [1.82, 2.24) is 0 Å². The first-order chi connectivity index (χ1) is 21.7. The van der Waals surface area contributed by atoms with Crippen LogP contribution < -0.4 is 0 Å². The van der Waals surface area contributed by atoms with Gasteiger partial charge < -0.3 is 9.84 Å². The van der Waals surface area contributed by atoms with Gasteiger partial charge in [0, 0.05) is 12.8 Å². The number of carboxylic acids is 1. The van der Waals surface area contributed by atoms with Gasteiger partial charge >= 0.3 is 11.9 Å². The number of rotatable bonds is 38. The molecule has 0 radical (unpaired) electrons. The lowest BCUT2D eigenvalue weighted by atomic mass is 10.0. The van der Waals surface area contributed by atoms with Crippen LogP contribution in [0.2, 0.25) is 0 Å². The van der Waals surface area contributed by atoms with E-state index in [1.807, 2.05) is 0 Å². The van der Waals surface area contributed by atoms with E-state index >= 15 is 0 Å². The summed E-state index contributed by atoms with van der Waals surface area (Å²) in [7, 11) is 0. The Kier molecular flexibility index (Phi) is 37.2. The summed E-state index contributed by atoms with van der Waals surface area (Å²) in [5.74, 6) is -0.639. The van der Waals surface area contributed by atoms with Crippen LogP contribution in [0, 0.1) is 0 Å². The zero-order valence-corrected chi connectivity index (χ0v) is 29.8. The van der Waals surface area contributed by atoms with Crippen LogP contribution in [0.15, 0.2) is 0 Å². The Balaban J connectivity index is 3.13. The molecule has 0 fully saturated rings. The molecule has 0 aliphatic rings. The first-order valence-electron chi connectivity index (χ1n) is 20.0. The highest BCUT2D eigenvalue weighted by Crippen LogP contribution is 2.16. The lowest BCUT2D eigenvalue weighted by Crippen LogP contribution is -2.05. The van der Waals surface area contributed by atoms with Crippen LogP contribution in [0.25, 0.3) is 0 Å². The Hall–Kier alpha value is -1.06. The van der Waals surface area contributed by atoms with Crippen LogP contribution >= 0.6 is 0 Å². The molecule has 0 aromatic rings. The SMILES string of the molecule is CCCCCCCCCCCCOC(=O)CCCCCCCCCCCCCCCCCCCCCCCCCCC(=O)O. The van der Waals surface area contributed by atoms with Crippen LogP contribution in [0.4, 0.5) is 0 Å². The molecular weight excluding hydrogens is 544 g/mol. The molecule has 0 aromatic heterocycles. The fraction of sp³-hybridized carbons (Fsp3) is 0.950. The smallest absolute Gasteiger partial charge is 0.305 e. The van der Waals surface area contributed by atoms with E-state index in [9.17, 15) is 9.59 Å². The molecule has 1 N–H and O–H groups in total. The zero-order chi connectivity index (χ0) is 32.0. The van der Waals surface area contributed by atoms with Crippen molar-refractivity contribution < 1.29 is 19.4 Å². The van der Waals surface area contributed by atoms with Crippen molar-refractivity contribution in [2.45, 2.75) is 238 Å². The molecular formula is C40H78O4. The van der Waals surface area contributed by atoms with Crippen molar-refractivity contribution in [2.75, 3.05) is 6.61 Å². The van der Waals surface area contributed by atoms with Crippen LogP contribution in [0.3, 0.4) is 0 Å². The molecule has 0 aliphatic carbocycles. The molecule has 0 atom stereocenters. The molecule has 4 heteroatoms. The molecule has 0 aliphatic heterocycles.